The van der Waals surface area contributed by atoms with E-state index in [9.17, 15) is 0 Å². The van der Waals surface area contributed by atoms with Crippen LogP contribution in [0.5, 0.6) is 0 Å². The first-order chi connectivity index (χ1) is 40.7. The molecule has 5 heteroatoms. The molecule has 2 aromatic heterocycles. The lowest BCUT2D eigenvalue weighted by Gasteiger charge is -2.46. The van der Waals surface area contributed by atoms with Crippen LogP contribution in [-0.4, -0.2) is 29.3 Å². The van der Waals surface area contributed by atoms with E-state index in [1.165, 1.54) is 165 Å². The molecule has 0 unspecified atom stereocenters. The second-order valence-corrected chi connectivity index (χ2v) is 34.1. The maximum absolute atomic E-state index is 2.89. The molecule has 0 radical (unpaired) electrons. The molecule has 434 valence electrons. The monoisotopic (exact) mass is 1130 g/mol. The first kappa shape index (κ1) is 56.3. The number of benzene rings is 9. The fraction of sp³-hybridized carbons (Fsp3) is 0.341. The number of hydrogen-bond acceptors (Lipinski definition) is 0. The topological polar surface area (TPSA) is 9.86 Å². The summed E-state index contributed by atoms with van der Waals surface area (Å²) in [6.07, 6.45) is 0. The summed E-state index contributed by atoms with van der Waals surface area (Å²) >= 11 is 0. The summed E-state index contributed by atoms with van der Waals surface area (Å²) in [5.74, 6) is 0. The molecule has 0 atom stereocenters. The molecule has 0 saturated heterocycles. The fourth-order valence-corrected chi connectivity index (χ4v) is 16.9. The van der Waals surface area contributed by atoms with Gasteiger partial charge in [0.1, 0.15) is 0 Å². The normalized spacial score (nSPS) is 14.7. The van der Waals surface area contributed by atoms with E-state index >= 15 is 0 Å². The number of hydrogen-bond donors (Lipinski definition) is 0. The molecule has 2 nitrogen and oxygen atoms in total. The molecule has 0 N–H and O–H groups in total. The van der Waals surface area contributed by atoms with Crippen LogP contribution in [0.2, 0.25) is 0 Å². The molecule has 9 aromatic carbocycles. The molecule has 0 bridgehead atoms. The summed E-state index contributed by atoms with van der Waals surface area (Å²) in [4.78, 5) is 0. The fourth-order valence-electron chi connectivity index (χ4n) is 16.9. The minimum absolute atomic E-state index is 0.0140. The van der Waals surface area contributed by atoms with Crippen molar-refractivity contribution in [3.05, 3.63) is 185 Å². The van der Waals surface area contributed by atoms with Crippen molar-refractivity contribution in [2.45, 2.75) is 183 Å². The maximum atomic E-state index is 2.89. The Morgan fingerprint density at radius 3 is 0.908 bits per heavy atom. The number of fused-ring (bicyclic) bond motifs is 4. The Bertz CT molecular complexity index is 4780. The van der Waals surface area contributed by atoms with Gasteiger partial charge in [-0.25, -0.2) is 0 Å². The first-order valence-corrected chi connectivity index (χ1v) is 32.6. The van der Waals surface area contributed by atoms with E-state index in [4.69, 9.17) is 0 Å². The van der Waals surface area contributed by atoms with Gasteiger partial charge in [0.2, 0.25) is 13.4 Å². The van der Waals surface area contributed by atoms with Gasteiger partial charge in [0.05, 0.1) is 0 Å². The van der Waals surface area contributed by atoms with Gasteiger partial charge in [-0.1, -0.05) is 302 Å². The molecule has 6 heterocycles. The molecular formula is C82H87B3N2. The van der Waals surface area contributed by atoms with Gasteiger partial charge in [0.15, 0.2) is 0 Å². The Kier molecular flexibility index (Phi) is 11.5. The van der Waals surface area contributed by atoms with Gasteiger partial charge in [-0.3, -0.25) is 0 Å². The third-order valence-corrected chi connectivity index (χ3v) is 21.0. The second kappa shape index (κ2) is 17.8. The largest absolute Gasteiger partial charge is 0.311 e. The summed E-state index contributed by atoms with van der Waals surface area (Å²) in [5, 5.41) is 5.69. The summed E-state index contributed by atoms with van der Waals surface area (Å²) < 4.78 is 5.77. The standard InChI is InChI=1S/C82H87B3N2/c1-76(2,3)49-28-22-46(23-29-49)47-26-34-52(35-27-47)83-58-42-38-54(48-24-30-50(31-25-48)77(4,5)6)62-63-55(79(10,11)12)40-44-60-72(63)86(70(58)62)74-67(83)66(82(19,20)21)68-75-69(74)85(60)61-45-41-57(81(16,17)18)65-64-56(80(13,14)15)39-43-59(71(64)87(75)73(61)65)84(68)53-36-32-51(33-37-53)78(7,8)9/h22-45H,1-21H3. The molecule has 87 heavy (non-hydrogen) atoms. The summed E-state index contributed by atoms with van der Waals surface area (Å²) in [6.45, 7) is 50.4. The van der Waals surface area contributed by atoms with Gasteiger partial charge in [-0.15, -0.1) is 0 Å². The zero-order chi connectivity index (χ0) is 61.7. The molecule has 0 aliphatic carbocycles. The highest BCUT2D eigenvalue weighted by atomic mass is 15.1. The van der Waals surface area contributed by atoms with Crippen LogP contribution in [0.15, 0.2) is 146 Å². The van der Waals surface area contributed by atoms with Crippen molar-refractivity contribution in [2.24, 2.45) is 0 Å². The van der Waals surface area contributed by atoms with E-state index in [0.717, 1.165) is 0 Å². The van der Waals surface area contributed by atoms with E-state index < -0.39 is 0 Å². The van der Waals surface area contributed by atoms with Crippen molar-refractivity contribution in [3.63, 3.8) is 0 Å². The Labute approximate surface area is 520 Å². The van der Waals surface area contributed by atoms with E-state index in [2.05, 4.69) is 300 Å². The van der Waals surface area contributed by atoms with E-state index in [1.54, 1.807) is 0 Å². The molecule has 4 aliphatic rings. The van der Waals surface area contributed by atoms with E-state index in [0.29, 0.717) is 0 Å². The van der Waals surface area contributed by atoms with Crippen LogP contribution in [0.1, 0.15) is 184 Å². The third-order valence-electron chi connectivity index (χ3n) is 21.0. The Hall–Kier alpha value is -7.23. The van der Waals surface area contributed by atoms with Gasteiger partial charge in [0, 0.05) is 55.0 Å². The number of aromatic nitrogens is 2. The van der Waals surface area contributed by atoms with Crippen LogP contribution < -0.4 is 49.2 Å². The zero-order valence-corrected chi connectivity index (χ0v) is 56.0. The SMILES string of the molecule is CC(C)(C)c1ccc(B2c3c4c5c6c(c3C(C)(C)C)B(c3ccc(-c7ccc(C(C)(C)C)cc7)cc3)c3ccc(-c7ccc(C(C)(C)C)cc7)c7c8c(C(C)(C)C)ccc(c8n-6c37)B5c3ccc(C(C)(C)C)c5c6c(C(C)(C)C)ccc2c6n-4c35)cc1. The highest BCUT2D eigenvalue weighted by Gasteiger charge is 2.53. The molecule has 11 aromatic rings. The third kappa shape index (κ3) is 7.88. The molecule has 15 rings (SSSR count). The van der Waals surface area contributed by atoms with Gasteiger partial charge in [0.25, 0.3) is 6.71 Å². The molecule has 4 aliphatic heterocycles. The average molecular weight is 1130 g/mol. The average Bonchev–Trinajstić information content (AvgIpc) is 1.55. The minimum atomic E-state index is -0.296. The Balaban J connectivity index is 1.18. The van der Waals surface area contributed by atoms with Crippen molar-refractivity contribution < 1.29 is 0 Å². The van der Waals surface area contributed by atoms with E-state index in [-0.39, 0.29) is 58.0 Å². The summed E-state index contributed by atoms with van der Waals surface area (Å²) in [7, 11) is 0. The molecule has 0 spiro atoms. The predicted octanol–water partition coefficient (Wildman–Crippen LogP) is 15.1. The van der Waals surface area contributed by atoms with Crippen molar-refractivity contribution >= 4 is 113 Å². The van der Waals surface area contributed by atoms with Crippen LogP contribution in [0.3, 0.4) is 0 Å². The first-order valence-electron chi connectivity index (χ1n) is 32.6. The lowest BCUT2D eigenvalue weighted by Crippen LogP contribution is -2.71. The zero-order valence-electron chi connectivity index (χ0n) is 56.0. The van der Waals surface area contributed by atoms with Crippen LogP contribution in [-0.2, 0) is 37.9 Å². The van der Waals surface area contributed by atoms with E-state index in [1.807, 2.05) is 0 Å². The molecule has 0 amide bonds. The Morgan fingerprint density at radius 1 is 0.253 bits per heavy atom. The summed E-state index contributed by atoms with van der Waals surface area (Å²) in [5.41, 5.74) is 35.6. The maximum Gasteiger partial charge on any atom is 0.252 e. The lowest BCUT2D eigenvalue weighted by molar-refractivity contribution is 0.590. The molecule has 0 saturated carbocycles. The highest BCUT2D eigenvalue weighted by Crippen LogP contribution is 2.49. The molecular weight excluding hydrogens is 1050 g/mol. The quantitative estimate of drug-likeness (QED) is 0.155. The van der Waals surface area contributed by atoms with Crippen molar-refractivity contribution in [1.82, 2.24) is 9.13 Å². The van der Waals surface area contributed by atoms with Crippen molar-refractivity contribution in [2.75, 3.05) is 0 Å². The van der Waals surface area contributed by atoms with Crippen LogP contribution in [0.4, 0.5) is 0 Å². The predicted molar refractivity (Wildman–Crippen MR) is 384 cm³/mol. The van der Waals surface area contributed by atoms with Crippen molar-refractivity contribution in [1.29, 1.82) is 0 Å². The van der Waals surface area contributed by atoms with Gasteiger partial charge in [-0.05, 0) is 137 Å². The smallest absolute Gasteiger partial charge is 0.252 e. The molecule has 0 fully saturated rings. The van der Waals surface area contributed by atoms with Crippen LogP contribution >= 0.6 is 0 Å². The Morgan fingerprint density at radius 2 is 0.552 bits per heavy atom. The number of nitrogens with zero attached hydrogens (tertiary/aromatic N) is 2. The minimum Gasteiger partial charge on any atom is -0.311 e. The van der Waals surface area contributed by atoms with Crippen molar-refractivity contribution in [3.8, 4) is 33.6 Å². The highest BCUT2D eigenvalue weighted by molar-refractivity contribution is 7.06. The van der Waals surface area contributed by atoms with Crippen LogP contribution in [0.25, 0.3) is 77.2 Å². The van der Waals surface area contributed by atoms with Gasteiger partial charge < -0.3 is 9.13 Å². The lowest BCUT2D eigenvalue weighted by atomic mass is 9.26. The number of rotatable bonds is 4. The second-order valence-electron chi connectivity index (χ2n) is 34.1. The van der Waals surface area contributed by atoms with Gasteiger partial charge in [-0.2, -0.15) is 0 Å². The van der Waals surface area contributed by atoms with Gasteiger partial charge >= 0.3 is 0 Å². The van der Waals surface area contributed by atoms with Crippen LogP contribution in [0, 0.1) is 0 Å². The summed E-state index contributed by atoms with van der Waals surface area (Å²) in [6, 6.07) is 59.3.